The molecule has 0 aliphatic carbocycles. The molecule has 0 radical (unpaired) electrons. The first-order valence-corrected chi connectivity index (χ1v) is 4.30. The van der Waals surface area contributed by atoms with E-state index in [-0.39, 0.29) is 18.5 Å². The summed E-state index contributed by atoms with van der Waals surface area (Å²) < 4.78 is 5.19. The fraction of sp³-hybridized carbons (Fsp3) is 1.00. The van der Waals surface area contributed by atoms with Crippen LogP contribution >= 0.6 is 12.4 Å². The van der Waals surface area contributed by atoms with Crippen LogP contribution in [0.15, 0.2) is 0 Å². The molecule has 1 rings (SSSR count). The minimum absolute atomic E-state index is 0. The highest BCUT2D eigenvalue weighted by molar-refractivity contribution is 5.85. The highest BCUT2D eigenvalue weighted by atomic mass is 35.5. The van der Waals surface area contributed by atoms with Gasteiger partial charge in [-0.05, 0) is 31.7 Å². The SMILES string of the molecule is Cl.NCCC(O)C1CCOCC1. The summed E-state index contributed by atoms with van der Waals surface area (Å²) in [5.41, 5.74) is 5.34. The van der Waals surface area contributed by atoms with Gasteiger partial charge >= 0.3 is 0 Å². The Kier molecular flexibility index (Phi) is 6.76. The maximum Gasteiger partial charge on any atom is 0.0582 e. The van der Waals surface area contributed by atoms with Gasteiger partial charge in [-0.25, -0.2) is 0 Å². The van der Waals surface area contributed by atoms with Crippen molar-refractivity contribution in [1.82, 2.24) is 0 Å². The number of ether oxygens (including phenoxy) is 1. The van der Waals surface area contributed by atoms with Gasteiger partial charge in [-0.15, -0.1) is 12.4 Å². The van der Waals surface area contributed by atoms with Crippen molar-refractivity contribution in [3.05, 3.63) is 0 Å². The summed E-state index contributed by atoms with van der Waals surface area (Å²) in [6, 6.07) is 0. The van der Waals surface area contributed by atoms with E-state index in [1.54, 1.807) is 0 Å². The van der Waals surface area contributed by atoms with Crippen molar-refractivity contribution in [3.8, 4) is 0 Å². The van der Waals surface area contributed by atoms with E-state index in [1.807, 2.05) is 0 Å². The van der Waals surface area contributed by atoms with Gasteiger partial charge in [0.2, 0.25) is 0 Å². The van der Waals surface area contributed by atoms with E-state index < -0.39 is 0 Å². The molecule has 74 valence electrons. The summed E-state index contributed by atoms with van der Waals surface area (Å²) in [5.74, 6) is 0.423. The van der Waals surface area contributed by atoms with Crippen LogP contribution in [0.25, 0.3) is 0 Å². The van der Waals surface area contributed by atoms with E-state index in [2.05, 4.69) is 0 Å². The lowest BCUT2D eigenvalue weighted by Gasteiger charge is -2.26. The molecule has 1 atom stereocenters. The Bertz CT molecular complexity index is 107. The van der Waals surface area contributed by atoms with Crippen LogP contribution in [0.1, 0.15) is 19.3 Å². The smallest absolute Gasteiger partial charge is 0.0582 e. The topological polar surface area (TPSA) is 55.5 Å². The molecule has 0 spiro atoms. The molecule has 1 aliphatic rings. The van der Waals surface area contributed by atoms with E-state index >= 15 is 0 Å². The molecule has 1 unspecified atom stereocenters. The molecule has 3 N–H and O–H groups in total. The predicted molar refractivity (Wildman–Crippen MR) is 50.5 cm³/mol. The van der Waals surface area contributed by atoms with E-state index in [9.17, 15) is 5.11 Å². The minimum Gasteiger partial charge on any atom is -0.393 e. The molecule has 1 fully saturated rings. The van der Waals surface area contributed by atoms with Crippen LogP contribution in [0.5, 0.6) is 0 Å². The van der Waals surface area contributed by atoms with Crippen molar-refractivity contribution in [1.29, 1.82) is 0 Å². The van der Waals surface area contributed by atoms with Crippen molar-refractivity contribution < 1.29 is 9.84 Å². The third kappa shape index (κ3) is 3.72. The Morgan fingerprint density at radius 2 is 2.00 bits per heavy atom. The number of aliphatic hydroxyl groups is 1. The molecule has 0 amide bonds. The highest BCUT2D eigenvalue weighted by Crippen LogP contribution is 2.19. The molecule has 0 bridgehead atoms. The Labute approximate surface area is 79.7 Å². The zero-order valence-corrected chi connectivity index (χ0v) is 8.05. The molecular formula is C8H18ClNO2. The molecule has 3 nitrogen and oxygen atoms in total. The van der Waals surface area contributed by atoms with Crippen LogP contribution in [0, 0.1) is 5.92 Å². The lowest BCUT2D eigenvalue weighted by Crippen LogP contribution is -2.29. The standard InChI is InChI=1S/C8H17NO2.ClH/c9-4-1-8(10)7-2-5-11-6-3-7;/h7-8,10H,1-6,9H2;1H. The van der Waals surface area contributed by atoms with Crippen LogP contribution < -0.4 is 5.73 Å². The second kappa shape index (κ2) is 6.66. The van der Waals surface area contributed by atoms with Gasteiger partial charge < -0.3 is 15.6 Å². The monoisotopic (exact) mass is 195 g/mol. The fourth-order valence-electron chi connectivity index (χ4n) is 1.51. The van der Waals surface area contributed by atoms with Crippen molar-refractivity contribution in [2.45, 2.75) is 25.4 Å². The summed E-state index contributed by atoms with van der Waals surface area (Å²) in [5, 5.41) is 9.54. The van der Waals surface area contributed by atoms with Gasteiger partial charge in [0.05, 0.1) is 6.10 Å². The van der Waals surface area contributed by atoms with Crippen LogP contribution in [0.3, 0.4) is 0 Å². The summed E-state index contributed by atoms with van der Waals surface area (Å²) in [7, 11) is 0. The normalized spacial score (nSPS) is 21.5. The van der Waals surface area contributed by atoms with Gasteiger partial charge in [0, 0.05) is 13.2 Å². The third-order valence-corrected chi connectivity index (χ3v) is 2.27. The van der Waals surface area contributed by atoms with E-state index in [0.29, 0.717) is 12.5 Å². The third-order valence-electron chi connectivity index (χ3n) is 2.27. The fourth-order valence-corrected chi connectivity index (χ4v) is 1.51. The molecule has 1 aliphatic heterocycles. The first-order valence-electron chi connectivity index (χ1n) is 4.30. The number of hydrogen-bond donors (Lipinski definition) is 2. The quantitative estimate of drug-likeness (QED) is 0.692. The van der Waals surface area contributed by atoms with Gasteiger partial charge in [-0.3, -0.25) is 0 Å². The van der Waals surface area contributed by atoms with Gasteiger partial charge in [0.25, 0.3) is 0 Å². The molecule has 0 aromatic rings. The first-order chi connectivity index (χ1) is 5.34. The molecular weight excluding hydrogens is 178 g/mol. The van der Waals surface area contributed by atoms with Crippen LogP contribution in [-0.4, -0.2) is 31.0 Å². The zero-order chi connectivity index (χ0) is 8.10. The first kappa shape index (κ1) is 12.2. The Hall–Kier alpha value is 0.170. The average Bonchev–Trinajstić information content (AvgIpc) is 2.07. The lowest BCUT2D eigenvalue weighted by molar-refractivity contribution is 0.00598. The number of halogens is 1. The van der Waals surface area contributed by atoms with Gasteiger partial charge in [0.1, 0.15) is 0 Å². The van der Waals surface area contributed by atoms with Gasteiger partial charge in [-0.2, -0.15) is 0 Å². The second-order valence-corrected chi connectivity index (χ2v) is 3.09. The Morgan fingerprint density at radius 3 is 2.50 bits per heavy atom. The van der Waals surface area contributed by atoms with Crippen molar-refractivity contribution in [3.63, 3.8) is 0 Å². The molecule has 1 saturated heterocycles. The maximum absolute atomic E-state index is 9.54. The van der Waals surface area contributed by atoms with Crippen LogP contribution in [0.4, 0.5) is 0 Å². The summed E-state index contributed by atoms with van der Waals surface area (Å²) >= 11 is 0. The van der Waals surface area contributed by atoms with Gasteiger partial charge in [-0.1, -0.05) is 0 Å². The highest BCUT2D eigenvalue weighted by Gasteiger charge is 2.20. The van der Waals surface area contributed by atoms with Crippen molar-refractivity contribution in [2.24, 2.45) is 11.7 Å². The number of rotatable bonds is 3. The number of aliphatic hydroxyl groups excluding tert-OH is 1. The van der Waals surface area contributed by atoms with Gasteiger partial charge in [0.15, 0.2) is 0 Å². The predicted octanol–water partition coefficient (Wildman–Crippen LogP) is 0.544. The largest absolute Gasteiger partial charge is 0.393 e. The van der Waals surface area contributed by atoms with E-state index in [0.717, 1.165) is 32.5 Å². The minimum atomic E-state index is -0.205. The Balaban J connectivity index is 0.00000121. The van der Waals surface area contributed by atoms with E-state index in [1.165, 1.54) is 0 Å². The van der Waals surface area contributed by atoms with Crippen molar-refractivity contribution >= 4 is 12.4 Å². The molecule has 4 heteroatoms. The van der Waals surface area contributed by atoms with Crippen LogP contribution in [-0.2, 0) is 4.74 Å². The molecule has 12 heavy (non-hydrogen) atoms. The lowest BCUT2D eigenvalue weighted by atomic mass is 9.92. The van der Waals surface area contributed by atoms with Crippen molar-refractivity contribution in [2.75, 3.05) is 19.8 Å². The van der Waals surface area contributed by atoms with Crippen LogP contribution in [0.2, 0.25) is 0 Å². The van der Waals surface area contributed by atoms with E-state index in [4.69, 9.17) is 10.5 Å². The molecule has 0 saturated carbocycles. The number of nitrogens with two attached hydrogens (primary N) is 1. The molecule has 0 aromatic carbocycles. The zero-order valence-electron chi connectivity index (χ0n) is 7.24. The molecule has 0 aromatic heterocycles. The summed E-state index contributed by atoms with van der Waals surface area (Å²) in [6.07, 6.45) is 2.50. The average molecular weight is 196 g/mol. The maximum atomic E-state index is 9.54. The second-order valence-electron chi connectivity index (χ2n) is 3.09. The molecule has 1 heterocycles. The Morgan fingerprint density at radius 1 is 1.42 bits per heavy atom. The number of hydrogen-bond acceptors (Lipinski definition) is 3. The summed E-state index contributed by atoms with van der Waals surface area (Å²) in [4.78, 5) is 0. The summed E-state index contributed by atoms with van der Waals surface area (Å²) in [6.45, 7) is 2.18.